The molecule has 1 aromatic heterocycles. The van der Waals surface area contributed by atoms with E-state index in [0.717, 1.165) is 53.7 Å². The van der Waals surface area contributed by atoms with Crippen LogP contribution in [0.2, 0.25) is 0 Å². The topological polar surface area (TPSA) is 52.6 Å². The second-order valence-electron chi connectivity index (χ2n) is 6.56. The van der Waals surface area contributed by atoms with Crippen LogP contribution < -0.4 is 15.5 Å². The van der Waals surface area contributed by atoms with Gasteiger partial charge in [0.05, 0.1) is 10.7 Å². The summed E-state index contributed by atoms with van der Waals surface area (Å²) in [5.41, 5.74) is 2.45. The highest BCUT2D eigenvalue weighted by molar-refractivity contribution is 14.0. The van der Waals surface area contributed by atoms with Gasteiger partial charge in [0.2, 0.25) is 0 Å². The zero-order valence-corrected chi connectivity index (χ0v) is 20.5. The predicted molar refractivity (Wildman–Crippen MR) is 130 cm³/mol. The van der Waals surface area contributed by atoms with Crippen LogP contribution in [0, 0.1) is 12.8 Å². The predicted octanol–water partition coefficient (Wildman–Crippen LogP) is 4.07. The lowest BCUT2D eigenvalue weighted by Crippen LogP contribution is -2.41. The van der Waals surface area contributed by atoms with Crippen molar-refractivity contribution in [2.45, 2.75) is 19.8 Å². The van der Waals surface area contributed by atoms with Gasteiger partial charge in [-0.1, -0.05) is 15.9 Å². The van der Waals surface area contributed by atoms with Gasteiger partial charge in [-0.15, -0.1) is 35.3 Å². The number of aliphatic imine (C=N–C) groups is 1. The SMILES string of the molecule is CN=C(NCCc1csc(C)n1)NCC1CCN(c2ccc(Br)cc2)C1.I. The number of hydrogen-bond donors (Lipinski definition) is 2. The van der Waals surface area contributed by atoms with Gasteiger partial charge in [0.25, 0.3) is 0 Å². The quantitative estimate of drug-likeness (QED) is 0.316. The monoisotopic (exact) mass is 563 g/mol. The van der Waals surface area contributed by atoms with Crippen LogP contribution in [0.1, 0.15) is 17.1 Å². The Bertz CT molecular complexity index is 734. The molecule has 5 nitrogen and oxygen atoms in total. The molecule has 1 saturated heterocycles. The number of nitrogens with one attached hydrogen (secondary N) is 2. The zero-order chi connectivity index (χ0) is 18.4. The summed E-state index contributed by atoms with van der Waals surface area (Å²) >= 11 is 5.20. The molecule has 8 heteroatoms. The molecule has 1 fully saturated rings. The van der Waals surface area contributed by atoms with E-state index in [1.165, 1.54) is 12.1 Å². The first-order valence-corrected chi connectivity index (χ1v) is 10.7. The van der Waals surface area contributed by atoms with Crippen LogP contribution in [0.4, 0.5) is 5.69 Å². The molecule has 3 rings (SSSR count). The molecule has 0 aliphatic carbocycles. The van der Waals surface area contributed by atoms with Gasteiger partial charge in [-0.05, 0) is 43.5 Å². The highest BCUT2D eigenvalue weighted by Crippen LogP contribution is 2.24. The van der Waals surface area contributed by atoms with Crippen molar-refractivity contribution in [1.29, 1.82) is 0 Å². The Morgan fingerprint density at radius 2 is 2.11 bits per heavy atom. The highest BCUT2D eigenvalue weighted by atomic mass is 127. The fourth-order valence-corrected chi connectivity index (χ4v) is 4.09. The van der Waals surface area contributed by atoms with Crippen LogP contribution in [0.5, 0.6) is 0 Å². The Balaban J connectivity index is 0.00000261. The molecule has 2 aromatic rings. The number of nitrogens with zero attached hydrogens (tertiary/aromatic N) is 3. The van der Waals surface area contributed by atoms with Gasteiger partial charge in [0.15, 0.2) is 5.96 Å². The fraction of sp³-hybridized carbons (Fsp3) is 0.474. The van der Waals surface area contributed by atoms with Crippen molar-refractivity contribution in [3.05, 3.63) is 44.8 Å². The summed E-state index contributed by atoms with van der Waals surface area (Å²) in [7, 11) is 1.82. The first kappa shape index (κ1) is 22.4. The first-order chi connectivity index (χ1) is 12.6. The number of rotatable bonds is 6. The van der Waals surface area contributed by atoms with Crippen LogP contribution in [0.25, 0.3) is 0 Å². The van der Waals surface area contributed by atoms with Gasteiger partial charge < -0.3 is 15.5 Å². The average Bonchev–Trinajstić information content (AvgIpc) is 3.28. The van der Waals surface area contributed by atoms with Crippen molar-refractivity contribution in [2.24, 2.45) is 10.9 Å². The van der Waals surface area contributed by atoms with E-state index in [1.54, 1.807) is 11.3 Å². The molecule has 0 radical (unpaired) electrons. The van der Waals surface area contributed by atoms with E-state index in [-0.39, 0.29) is 24.0 Å². The van der Waals surface area contributed by atoms with Gasteiger partial charge in [-0.2, -0.15) is 0 Å². The summed E-state index contributed by atoms with van der Waals surface area (Å²) in [6.07, 6.45) is 2.13. The van der Waals surface area contributed by atoms with Crippen molar-refractivity contribution >= 4 is 62.9 Å². The molecule has 1 aliphatic rings. The molecule has 1 atom stereocenters. The number of benzene rings is 1. The molecule has 0 amide bonds. The lowest BCUT2D eigenvalue weighted by Gasteiger charge is -2.19. The molecule has 1 aliphatic heterocycles. The van der Waals surface area contributed by atoms with E-state index in [2.05, 4.69) is 71.1 Å². The van der Waals surface area contributed by atoms with Crippen LogP contribution in [-0.2, 0) is 6.42 Å². The van der Waals surface area contributed by atoms with E-state index in [1.807, 2.05) is 14.0 Å². The van der Waals surface area contributed by atoms with Crippen LogP contribution in [-0.4, -0.2) is 44.2 Å². The number of anilines is 1. The summed E-state index contributed by atoms with van der Waals surface area (Å²) in [6, 6.07) is 8.58. The maximum atomic E-state index is 4.49. The number of thiazole rings is 1. The minimum Gasteiger partial charge on any atom is -0.371 e. The van der Waals surface area contributed by atoms with Crippen LogP contribution in [0.3, 0.4) is 0 Å². The summed E-state index contributed by atoms with van der Waals surface area (Å²) < 4.78 is 1.13. The fourth-order valence-electron chi connectivity index (χ4n) is 3.18. The van der Waals surface area contributed by atoms with E-state index in [9.17, 15) is 0 Å². The molecule has 27 heavy (non-hydrogen) atoms. The summed E-state index contributed by atoms with van der Waals surface area (Å²) in [4.78, 5) is 11.3. The third kappa shape index (κ3) is 6.90. The summed E-state index contributed by atoms with van der Waals surface area (Å²) in [5.74, 6) is 1.51. The minimum absolute atomic E-state index is 0. The molecule has 0 bridgehead atoms. The summed E-state index contributed by atoms with van der Waals surface area (Å²) in [5, 5.41) is 10.1. The van der Waals surface area contributed by atoms with E-state index < -0.39 is 0 Å². The van der Waals surface area contributed by atoms with Crippen molar-refractivity contribution in [2.75, 3.05) is 38.1 Å². The lowest BCUT2D eigenvalue weighted by atomic mass is 10.1. The van der Waals surface area contributed by atoms with Gasteiger partial charge in [-0.25, -0.2) is 4.98 Å². The lowest BCUT2D eigenvalue weighted by molar-refractivity contribution is 0.565. The van der Waals surface area contributed by atoms with E-state index >= 15 is 0 Å². The van der Waals surface area contributed by atoms with Gasteiger partial charge >= 0.3 is 0 Å². The van der Waals surface area contributed by atoms with Gasteiger partial charge in [-0.3, -0.25) is 4.99 Å². The second-order valence-corrected chi connectivity index (χ2v) is 8.54. The first-order valence-electron chi connectivity index (χ1n) is 9.00. The second kappa shape index (κ2) is 11.2. The molecular weight excluding hydrogens is 537 g/mol. The Hall–Kier alpha value is -0.870. The third-order valence-electron chi connectivity index (χ3n) is 4.60. The van der Waals surface area contributed by atoms with Crippen molar-refractivity contribution < 1.29 is 0 Å². The van der Waals surface area contributed by atoms with Crippen molar-refractivity contribution in [3.63, 3.8) is 0 Å². The average molecular weight is 564 g/mol. The number of halogens is 2. The van der Waals surface area contributed by atoms with Crippen LogP contribution in [0.15, 0.2) is 39.1 Å². The zero-order valence-electron chi connectivity index (χ0n) is 15.7. The molecule has 1 aromatic carbocycles. The maximum Gasteiger partial charge on any atom is 0.190 e. The smallest absolute Gasteiger partial charge is 0.190 e. The number of guanidine groups is 1. The van der Waals surface area contributed by atoms with Crippen LogP contribution >= 0.6 is 51.2 Å². The molecule has 0 saturated carbocycles. The highest BCUT2D eigenvalue weighted by Gasteiger charge is 2.22. The number of aromatic nitrogens is 1. The Morgan fingerprint density at radius 3 is 2.78 bits per heavy atom. The maximum absolute atomic E-state index is 4.49. The Labute approximate surface area is 191 Å². The van der Waals surface area contributed by atoms with Crippen molar-refractivity contribution in [1.82, 2.24) is 15.6 Å². The van der Waals surface area contributed by atoms with E-state index in [0.29, 0.717) is 5.92 Å². The van der Waals surface area contributed by atoms with Gasteiger partial charge in [0.1, 0.15) is 0 Å². The molecule has 0 spiro atoms. The Morgan fingerprint density at radius 1 is 1.33 bits per heavy atom. The van der Waals surface area contributed by atoms with E-state index in [4.69, 9.17) is 0 Å². The number of hydrogen-bond acceptors (Lipinski definition) is 4. The van der Waals surface area contributed by atoms with Gasteiger partial charge in [0, 0.05) is 55.2 Å². The van der Waals surface area contributed by atoms with Crippen molar-refractivity contribution in [3.8, 4) is 0 Å². The Kier molecular flexibility index (Phi) is 9.31. The molecule has 2 heterocycles. The third-order valence-corrected chi connectivity index (χ3v) is 5.95. The molecule has 148 valence electrons. The molecule has 1 unspecified atom stereocenters. The minimum atomic E-state index is 0. The summed E-state index contributed by atoms with van der Waals surface area (Å²) in [6.45, 7) is 6.04. The standard InChI is InChI=1S/C19H26BrN5S.HI/c1-14-24-17(13-26-14)7-9-22-19(21-2)23-11-15-8-10-25(12-15)18-5-3-16(20)4-6-18;/h3-6,13,15H,7-12H2,1-2H3,(H2,21,22,23);1H. The molecular formula is C19H27BrIN5S. The normalized spacial score (nSPS) is 16.9. The molecule has 2 N–H and O–H groups in total. The number of aryl methyl sites for hydroxylation is 1. The largest absolute Gasteiger partial charge is 0.371 e.